The second-order valence-corrected chi connectivity index (χ2v) is 4.72. The van der Waals surface area contributed by atoms with Gasteiger partial charge in [-0.05, 0) is 19.4 Å². The van der Waals surface area contributed by atoms with E-state index in [9.17, 15) is 9.90 Å². The van der Waals surface area contributed by atoms with Crippen LogP contribution < -0.4 is 0 Å². The summed E-state index contributed by atoms with van der Waals surface area (Å²) >= 11 is 0. The number of benzene rings is 1. The van der Waals surface area contributed by atoms with Crippen molar-refractivity contribution in [1.82, 2.24) is 0 Å². The highest BCUT2D eigenvalue weighted by Gasteiger charge is 2.21. The molecule has 2 nitrogen and oxygen atoms in total. The summed E-state index contributed by atoms with van der Waals surface area (Å²) in [5.41, 5.74) is 1.63. The lowest BCUT2D eigenvalue weighted by Crippen LogP contribution is -2.22. The molecule has 0 aliphatic heterocycles. The number of carbonyl (C=O) groups excluding carboxylic acids is 1. The van der Waals surface area contributed by atoms with Crippen LogP contribution in [0.5, 0.6) is 0 Å². The Balaban J connectivity index is 2.90. The molecule has 2 unspecified atom stereocenters. The van der Waals surface area contributed by atoms with Crippen molar-refractivity contribution in [2.75, 3.05) is 0 Å². The molecule has 1 N–H and O–H groups in total. The first kappa shape index (κ1) is 16.1. The Bertz CT molecular complexity index is 495. The molecule has 0 bridgehead atoms. The lowest BCUT2D eigenvalue weighted by Gasteiger charge is -2.20. The van der Waals surface area contributed by atoms with Gasteiger partial charge in [-0.2, -0.15) is 0 Å². The van der Waals surface area contributed by atoms with Gasteiger partial charge >= 0.3 is 0 Å². The van der Waals surface area contributed by atoms with Crippen molar-refractivity contribution in [3.05, 3.63) is 72.4 Å². The number of aliphatic hydroxyl groups is 1. The van der Waals surface area contributed by atoms with Gasteiger partial charge < -0.3 is 5.11 Å². The maximum atomic E-state index is 12.3. The van der Waals surface area contributed by atoms with E-state index in [-0.39, 0.29) is 11.7 Å². The van der Waals surface area contributed by atoms with E-state index in [2.05, 4.69) is 6.58 Å². The quantitative estimate of drug-likeness (QED) is 0.602. The van der Waals surface area contributed by atoms with Crippen molar-refractivity contribution in [3.63, 3.8) is 0 Å². The fraction of sp³-hybridized carbons (Fsp3) is 0.278. The summed E-state index contributed by atoms with van der Waals surface area (Å²) in [7, 11) is 0. The summed E-state index contributed by atoms with van der Waals surface area (Å²) in [6.45, 7) is 7.26. The second kappa shape index (κ2) is 8.28. The predicted molar refractivity (Wildman–Crippen MR) is 83.7 cm³/mol. The molecule has 0 aromatic heterocycles. The molecule has 20 heavy (non-hydrogen) atoms. The van der Waals surface area contributed by atoms with E-state index in [0.717, 1.165) is 5.57 Å². The molecule has 0 fully saturated rings. The third-order valence-corrected chi connectivity index (χ3v) is 3.27. The number of rotatable bonds is 7. The molecule has 0 aliphatic carbocycles. The van der Waals surface area contributed by atoms with Crippen LogP contribution >= 0.6 is 0 Å². The lowest BCUT2D eigenvalue weighted by atomic mass is 9.87. The molecule has 1 rings (SSSR count). The third kappa shape index (κ3) is 4.63. The topological polar surface area (TPSA) is 37.3 Å². The van der Waals surface area contributed by atoms with E-state index in [1.165, 1.54) is 0 Å². The molecule has 0 saturated heterocycles. The number of ketones is 1. The van der Waals surface area contributed by atoms with E-state index in [4.69, 9.17) is 0 Å². The predicted octanol–water partition coefficient (Wildman–Crippen LogP) is 3.94. The van der Waals surface area contributed by atoms with E-state index in [1.54, 1.807) is 25.1 Å². The van der Waals surface area contributed by atoms with Gasteiger partial charge in [0.15, 0.2) is 5.78 Å². The minimum absolute atomic E-state index is 0.0443. The summed E-state index contributed by atoms with van der Waals surface area (Å²) in [6.07, 6.45) is 7.03. The molecule has 0 spiro atoms. The average molecular weight is 270 g/mol. The van der Waals surface area contributed by atoms with Crippen molar-refractivity contribution in [1.29, 1.82) is 0 Å². The zero-order valence-electron chi connectivity index (χ0n) is 12.1. The van der Waals surface area contributed by atoms with Gasteiger partial charge in [0.05, 0.1) is 6.10 Å². The molecular formula is C18H22O2. The minimum Gasteiger partial charge on any atom is -0.393 e. The Morgan fingerprint density at radius 3 is 2.50 bits per heavy atom. The zero-order chi connectivity index (χ0) is 15.0. The van der Waals surface area contributed by atoms with Gasteiger partial charge in [-0.3, -0.25) is 4.79 Å². The van der Waals surface area contributed by atoms with Gasteiger partial charge in [-0.25, -0.2) is 0 Å². The van der Waals surface area contributed by atoms with Crippen molar-refractivity contribution in [2.45, 2.75) is 26.4 Å². The summed E-state index contributed by atoms with van der Waals surface area (Å²) < 4.78 is 0. The van der Waals surface area contributed by atoms with Crippen LogP contribution in [0.4, 0.5) is 0 Å². The van der Waals surface area contributed by atoms with Gasteiger partial charge in [-0.15, -0.1) is 0 Å². The highest BCUT2D eigenvalue weighted by Crippen LogP contribution is 2.23. The van der Waals surface area contributed by atoms with E-state index < -0.39 is 6.10 Å². The summed E-state index contributed by atoms with van der Waals surface area (Å²) in [6, 6.07) is 9.18. The first-order valence-corrected chi connectivity index (χ1v) is 6.81. The summed E-state index contributed by atoms with van der Waals surface area (Å²) in [5, 5.41) is 9.96. The summed E-state index contributed by atoms with van der Waals surface area (Å²) in [4.78, 5) is 12.3. The van der Waals surface area contributed by atoms with Crippen LogP contribution in [0.1, 0.15) is 30.6 Å². The molecule has 2 atom stereocenters. The summed E-state index contributed by atoms with van der Waals surface area (Å²) in [5.74, 6) is -0.160. The molecule has 0 saturated carbocycles. The molecule has 106 valence electrons. The van der Waals surface area contributed by atoms with Crippen LogP contribution in [0.2, 0.25) is 0 Å². The van der Waals surface area contributed by atoms with Gasteiger partial charge in [0.25, 0.3) is 0 Å². The first-order valence-electron chi connectivity index (χ1n) is 6.81. The van der Waals surface area contributed by atoms with Gasteiger partial charge in [0, 0.05) is 17.9 Å². The Kier molecular flexibility index (Phi) is 6.68. The lowest BCUT2D eigenvalue weighted by molar-refractivity contribution is 0.0891. The number of aliphatic hydroxyl groups excluding tert-OH is 1. The van der Waals surface area contributed by atoms with Crippen molar-refractivity contribution in [2.24, 2.45) is 5.92 Å². The van der Waals surface area contributed by atoms with E-state index >= 15 is 0 Å². The highest BCUT2D eigenvalue weighted by molar-refractivity contribution is 5.96. The van der Waals surface area contributed by atoms with E-state index in [0.29, 0.717) is 12.0 Å². The molecule has 0 aliphatic rings. The Labute approximate surface area is 121 Å². The van der Waals surface area contributed by atoms with Crippen LogP contribution in [-0.2, 0) is 0 Å². The number of hydrogen-bond donors (Lipinski definition) is 1. The maximum absolute atomic E-state index is 12.3. The van der Waals surface area contributed by atoms with E-state index in [1.807, 2.05) is 43.4 Å². The van der Waals surface area contributed by atoms with Crippen molar-refractivity contribution in [3.8, 4) is 0 Å². The zero-order valence-corrected chi connectivity index (χ0v) is 12.1. The average Bonchev–Trinajstić information content (AvgIpc) is 2.47. The number of allylic oxidation sites excluding steroid dienone is 4. The van der Waals surface area contributed by atoms with Crippen molar-refractivity contribution < 1.29 is 9.90 Å². The standard InChI is InChI=1S/C18H22O2/c1-4-6-10-15(5-2)17(14(3)19)13-18(20)16-11-8-7-9-12-16/h4-12,14,17,19H,1,13H2,2-3H3/b10-6-,15-5+. The van der Waals surface area contributed by atoms with Crippen molar-refractivity contribution >= 4 is 5.78 Å². The molecular weight excluding hydrogens is 248 g/mol. The molecule has 1 aromatic carbocycles. The van der Waals surface area contributed by atoms with Crippen LogP contribution in [0.25, 0.3) is 0 Å². The Morgan fingerprint density at radius 1 is 1.35 bits per heavy atom. The molecule has 1 aromatic rings. The number of Topliss-reactive ketones (excluding diaryl/α,β-unsaturated/α-hetero) is 1. The fourth-order valence-corrected chi connectivity index (χ4v) is 2.12. The third-order valence-electron chi connectivity index (χ3n) is 3.27. The molecule has 0 heterocycles. The SMILES string of the molecule is C=C/C=C\C(=C/C)C(CC(=O)c1ccccc1)C(C)O. The largest absolute Gasteiger partial charge is 0.393 e. The van der Waals surface area contributed by atoms with Crippen LogP contribution in [0.3, 0.4) is 0 Å². The molecule has 2 heteroatoms. The number of hydrogen-bond acceptors (Lipinski definition) is 2. The molecule has 0 amide bonds. The molecule has 0 radical (unpaired) electrons. The Hall–Kier alpha value is -1.93. The smallest absolute Gasteiger partial charge is 0.163 e. The normalized spacial score (nSPS) is 15.1. The van der Waals surface area contributed by atoms with Gasteiger partial charge in [0.1, 0.15) is 0 Å². The van der Waals surface area contributed by atoms with Gasteiger partial charge in [-0.1, -0.05) is 61.2 Å². The highest BCUT2D eigenvalue weighted by atomic mass is 16.3. The monoisotopic (exact) mass is 270 g/mol. The maximum Gasteiger partial charge on any atom is 0.163 e. The van der Waals surface area contributed by atoms with Crippen LogP contribution in [-0.4, -0.2) is 17.0 Å². The first-order chi connectivity index (χ1) is 9.60. The Morgan fingerprint density at radius 2 is 2.00 bits per heavy atom. The minimum atomic E-state index is -0.580. The van der Waals surface area contributed by atoms with Crippen LogP contribution in [0, 0.1) is 5.92 Å². The van der Waals surface area contributed by atoms with Gasteiger partial charge in [0.2, 0.25) is 0 Å². The fourth-order valence-electron chi connectivity index (χ4n) is 2.12. The number of carbonyl (C=O) groups is 1. The second-order valence-electron chi connectivity index (χ2n) is 4.72. The van der Waals surface area contributed by atoms with Crippen LogP contribution in [0.15, 0.2) is 66.8 Å².